The highest BCUT2D eigenvalue weighted by molar-refractivity contribution is 5.89. The van der Waals surface area contributed by atoms with Gasteiger partial charge in [0.1, 0.15) is 6.10 Å². The maximum absolute atomic E-state index is 11.2. The number of hydrogen-bond acceptors (Lipinski definition) is 3. The second-order valence-electron chi connectivity index (χ2n) is 3.76. The normalized spacial score (nSPS) is 38.2. The van der Waals surface area contributed by atoms with Gasteiger partial charge in [0.05, 0.1) is 18.7 Å². The third-order valence-electron chi connectivity index (χ3n) is 2.73. The van der Waals surface area contributed by atoms with Crippen LogP contribution in [0.3, 0.4) is 0 Å². The monoisotopic (exact) mass is 183 g/mol. The van der Waals surface area contributed by atoms with Crippen molar-refractivity contribution in [3.05, 3.63) is 0 Å². The first-order chi connectivity index (χ1) is 6.09. The van der Waals surface area contributed by atoms with E-state index in [4.69, 9.17) is 4.74 Å². The Kier molecular flexibility index (Phi) is 1.87. The molecule has 13 heavy (non-hydrogen) atoms. The van der Waals surface area contributed by atoms with Crippen molar-refractivity contribution < 1.29 is 14.3 Å². The van der Waals surface area contributed by atoms with E-state index in [-0.39, 0.29) is 36.5 Å². The second kappa shape index (κ2) is 2.80. The number of ketones is 1. The van der Waals surface area contributed by atoms with Crippen LogP contribution in [0.4, 0.5) is 0 Å². The van der Waals surface area contributed by atoms with Crippen LogP contribution < -0.4 is 0 Å². The molecule has 0 aromatic carbocycles. The van der Waals surface area contributed by atoms with Gasteiger partial charge in [0.15, 0.2) is 5.78 Å². The summed E-state index contributed by atoms with van der Waals surface area (Å²) in [4.78, 5) is 23.9. The number of carbonyl (C=O) groups is 2. The average molecular weight is 183 g/mol. The molecule has 3 atom stereocenters. The lowest BCUT2D eigenvalue weighted by molar-refractivity contribution is -0.131. The van der Waals surface area contributed by atoms with Crippen molar-refractivity contribution in [2.75, 3.05) is 6.54 Å². The van der Waals surface area contributed by atoms with Gasteiger partial charge in [-0.15, -0.1) is 0 Å². The number of epoxide rings is 1. The van der Waals surface area contributed by atoms with Crippen LogP contribution in [0.2, 0.25) is 0 Å². The van der Waals surface area contributed by atoms with Gasteiger partial charge in [-0.3, -0.25) is 9.59 Å². The molecule has 0 aromatic heterocycles. The van der Waals surface area contributed by atoms with Crippen LogP contribution in [0.25, 0.3) is 0 Å². The predicted molar refractivity (Wildman–Crippen MR) is 45.1 cm³/mol. The first-order valence-electron chi connectivity index (χ1n) is 4.54. The molecule has 2 saturated heterocycles. The van der Waals surface area contributed by atoms with Gasteiger partial charge in [0.2, 0.25) is 5.91 Å². The van der Waals surface area contributed by atoms with E-state index in [0.717, 1.165) is 0 Å². The molecule has 4 nitrogen and oxygen atoms in total. The van der Waals surface area contributed by atoms with Crippen LogP contribution in [-0.4, -0.2) is 41.4 Å². The molecule has 72 valence electrons. The summed E-state index contributed by atoms with van der Waals surface area (Å²) in [6.07, 6.45) is 0.766. The standard InChI is InChI=1S/C9H13NO3/c1-5-9(13-5)8-3-7(12)4-10(8)6(2)11/h5,8-9H,3-4H2,1-2H3. The average Bonchev–Trinajstić information content (AvgIpc) is 2.60. The summed E-state index contributed by atoms with van der Waals surface area (Å²) in [6.45, 7) is 3.73. The summed E-state index contributed by atoms with van der Waals surface area (Å²) in [7, 11) is 0. The van der Waals surface area contributed by atoms with E-state index >= 15 is 0 Å². The van der Waals surface area contributed by atoms with E-state index < -0.39 is 0 Å². The van der Waals surface area contributed by atoms with Gasteiger partial charge in [0.25, 0.3) is 0 Å². The Morgan fingerprint density at radius 2 is 2.23 bits per heavy atom. The predicted octanol–water partition coefficient (Wildman–Crippen LogP) is -0.0364. The SMILES string of the molecule is CC(=O)N1CC(=O)CC1C1OC1C. The van der Waals surface area contributed by atoms with Crippen LogP contribution in [0.15, 0.2) is 0 Å². The van der Waals surface area contributed by atoms with Crippen LogP contribution >= 0.6 is 0 Å². The highest BCUT2D eigenvalue weighted by atomic mass is 16.6. The van der Waals surface area contributed by atoms with Gasteiger partial charge in [0, 0.05) is 13.3 Å². The highest BCUT2D eigenvalue weighted by Gasteiger charge is 2.48. The number of Topliss-reactive ketones (excluding diaryl/α,β-unsaturated/α-hetero) is 1. The highest BCUT2D eigenvalue weighted by Crippen LogP contribution is 2.32. The molecule has 2 rings (SSSR count). The van der Waals surface area contributed by atoms with Crippen molar-refractivity contribution >= 4 is 11.7 Å². The van der Waals surface area contributed by atoms with Gasteiger partial charge >= 0.3 is 0 Å². The number of amides is 1. The molecule has 0 bridgehead atoms. The molecule has 0 aromatic rings. The van der Waals surface area contributed by atoms with E-state index in [1.165, 1.54) is 6.92 Å². The van der Waals surface area contributed by atoms with Gasteiger partial charge in [-0.1, -0.05) is 0 Å². The number of rotatable bonds is 1. The Hall–Kier alpha value is -0.900. The molecule has 2 fully saturated rings. The largest absolute Gasteiger partial charge is 0.368 e. The Morgan fingerprint density at radius 1 is 1.62 bits per heavy atom. The van der Waals surface area contributed by atoms with Crippen molar-refractivity contribution in [1.29, 1.82) is 0 Å². The molecule has 0 N–H and O–H groups in total. The fourth-order valence-corrected chi connectivity index (χ4v) is 1.96. The van der Waals surface area contributed by atoms with Crippen LogP contribution in [0, 0.1) is 0 Å². The lowest BCUT2D eigenvalue weighted by Crippen LogP contribution is -2.37. The maximum Gasteiger partial charge on any atom is 0.220 e. The molecule has 0 aliphatic carbocycles. The zero-order chi connectivity index (χ0) is 9.59. The zero-order valence-electron chi connectivity index (χ0n) is 7.82. The minimum atomic E-state index is -0.0291. The number of ether oxygens (including phenoxy) is 1. The van der Waals surface area contributed by atoms with Crippen molar-refractivity contribution in [1.82, 2.24) is 4.90 Å². The first-order valence-corrected chi connectivity index (χ1v) is 4.54. The Labute approximate surface area is 76.8 Å². The molecular formula is C9H13NO3. The summed E-state index contributed by atoms with van der Waals surface area (Å²) >= 11 is 0. The third-order valence-corrected chi connectivity index (χ3v) is 2.73. The number of carbonyl (C=O) groups excluding carboxylic acids is 2. The molecule has 2 heterocycles. The summed E-state index contributed by atoms with van der Waals surface area (Å²) in [5, 5.41) is 0. The van der Waals surface area contributed by atoms with Crippen molar-refractivity contribution in [3.8, 4) is 0 Å². The molecule has 1 amide bonds. The lowest BCUT2D eigenvalue weighted by Gasteiger charge is -2.20. The van der Waals surface area contributed by atoms with Crippen LogP contribution in [0.5, 0.6) is 0 Å². The summed E-state index contributed by atoms with van der Waals surface area (Å²) in [5.74, 6) is 0.112. The first kappa shape index (κ1) is 8.69. The van der Waals surface area contributed by atoms with E-state index in [0.29, 0.717) is 6.42 Å². The van der Waals surface area contributed by atoms with Crippen molar-refractivity contribution in [2.45, 2.75) is 38.5 Å². The Bertz CT molecular complexity index is 264. The fourth-order valence-electron chi connectivity index (χ4n) is 1.96. The van der Waals surface area contributed by atoms with Crippen LogP contribution in [0.1, 0.15) is 20.3 Å². The molecular weight excluding hydrogens is 170 g/mol. The van der Waals surface area contributed by atoms with Crippen molar-refractivity contribution in [3.63, 3.8) is 0 Å². The number of hydrogen-bond donors (Lipinski definition) is 0. The molecule has 0 spiro atoms. The zero-order valence-corrected chi connectivity index (χ0v) is 7.82. The molecule has 3 unspecified atom stereocenters. The smallest absolute Gasteiger partial charge is 0.220 e. The minimum Gasteiger partial charge on any atom is -0.368 e. The van der Waals surface area contributed by atoms with E-state index in [1.54, 1.807) is 4.90 Å². The van der Waals surface area contributed by atoms with E-state index in [2.05, 4.69) is 0 Å². The molecule has 0 saturated carbocycles. The fraction of sp³-hybridized carbons (Fsp3) is 0.778. The van der Waals surface area contributed by atoms with E-state index in [9.17, 15) is 9.59 Å². The Balaban J connectivity index is 2.08. The van der Waals surface area contributed by atoms with Gasteiger partial charge < -0.3 is 9.64 Å². The minimum absolute atomic E-state index is 0.000000000000000222. The van der Waals surface area contributed by atoms with Gasteiger partial charge in [-0.2, -0.15) is 0 Å². The third kappa shape index (κ3) is 1.46. The van der Waals surface area contributed by atoms with Gasteiger partial charge in [-0.05, 0) is 6.92 Å². The molecule has 4 heteroatoms. The number of likely N-dealkylation sites (tertiary alicyclic amines) is 1. The summed E-state index contributed by atoms with van der Waals surface area (Å²) < 4.78 is 5.28. The molecule has 0 radical (unpaired) electrons. The Morgan fingerprint density at radius 3 is 2.69 bits per heavy atom. The van der Waals surface area contributed by atoms with Crippen LogP contribution in [-0.2, 0) is 14.3 Å². The quantitative estimate of drug-likeness (QED) is 0.536. The molecule has 2 aliphatic heterocycles. The van der Waals surface area contributed by atoms with E-state index in [1.807, 2.05) is 6.92 Å². The van der Waals surface area contributed by atoms with Gasteiger partial charge in [-0.25, -0.2) is 0 Å². The maximum atomic E-state index is 11.2. The molecule has 2 aliphatic rings. The topological polar surface area (TPSA) is 49.9 Å². The summed E-state index contributed by atoms with van der Waals surface area (Å²) in [5.41, 5.74) is 0. The summed E-state index contributed by atoms with van der Waals surface area (Å²) in [6, 6.07) is -0.000000000000000222. The second-order valence-corrected chi connectivity index (χ2v) is 3.76. The lowest BCUT2D eigenvalue weighted by atomic mass is 10.1. The van der Waals surface area contributed by atoms with Crippen molar-refractivity contribution in [2.24, 2.45) is 0 Å². The number of nitrogens with zero attached hydrogens (tertiary/aromatic N) is 1.